The highest BCUT2D eigenvalue weighted by Crippen LogP contribution is 2.32. The second-order valence-corrected chi connectivity index (χ2v) is 4.61. The zero-order chi connectivity index (χ0) is 11.5. The Morgan fingerprint density at radius 2 is 2.25 bits per heavy atom. The number of aliphatic hydroxyl groups is 1. The number of halogens is 1. The van der Waals surface area contributed by atoms with Crippen molar-refractivity contribution in [3.63, 3.8) is 0 Å². The Kier molecular flexibility index (Phi) is 3.56. The van der Waals surface area contributed by atoms with Crippen molar-refractivity contribution in [1.82, 2.24) is 5.32 Å². The third-order valence-electron chi connectivity index (χ3n) is 3.14. The van der Waals surface area contributed by atoms with E-state index in [-0.39, 0.29) is 11.9 Å². The van der Waals surface area contributed by atoms with Gasteiger partial charge in [-0.3, -0.25) is 0 Å². The summed E-state index contributed by atoms with van der Waals surface area (Å²) in [5.74, 6) is 0.307. The van der Waals surface area contributed by atoms with Gasteiger partial charge >= 0.3 is 0 Å². The molecule has 1 fully saturated rings. The van der Waals surface area contributed by atoms with Gasteiger partial charge in [0, 0.05) is 13.1 Å². The first-order chi connectivity index (χ1) is 7.66. The molecule has 2 N–H and O–H groups in total. The summed E-state index contributed by atoms with van der Waals surface area (Å²) >= 11 is 0. The van der Waals surface area contributed by atoms with Crippen molar-refractivity contribution in [2.45, 2.75) is 32.4 Å². The zero-order valence-electron chi connectivity index (χ0n) is 9.54. The molecule has 0 spiro atoms. The predicted octanol–water partition coefficient (Wildman–Crippen LogP) is 1.99. The molecule has 2 nitrogen and oxygen atoms in total. The Bertz CT molecular complexity index is 363. The molecule has 0 aromatic heterocycles. The summed E-state index contributed by atoms with van der Waals surface area (Å²) in [6.07, 6.45) is 2.08. The van der Waals surface area contributed by atoms with Crippen molar-refractivity contribution in [3.05, 3.63) is 35.1 Å². The Balaban J connectivity index is 1.80. The van der Waals surface area contributed by atoms with E-state index in [9.17, 15) is 9.50 Å². The molecule has 0 amide bonds. The smallest absolute Gasteiger partial charge is 0.123 e. The van der Waals surface area contributed by atoms with Crippen LogP contribution in [-0.2, 0) is 6.54 Å². The van der Waals surface area contributed by atoms with Crippen LogP contribution in [0.15, 0.2) is 18.2 Å². The molecule has 0 saturated heterocycles. The van der Waals surface area contributed by atoms with Gasteiger partial charge in [0.15, 0.2) is 0 Å². The Morgan fingerprint density at radius 3 is 2.88 bits per heavy atom. The van der Waals surface area contributed by atoms with E-state index in [1.54, 1.807) is 6.07 Å². The summed E-state index contributed by atoms with van der Waals surface area (Å²) < 4.78 is 12.9. The first-order valence-corrected chi connectivity index (χ1v) is 5.80. The van der Waals surface area contributed by atoms with Gasteiger partial charge in [-0.25, -0.2) is 4.39 Å². The highest BCUT2D eigenvalue weighted by Gasteiger charge is 2.28. The van der Waals surface area contributed by atoms with Gasteiger partial charge in [0.05, 0.1) is 6.10 Å². The standard InChI is InChI=1S/C13H18FNO/c1-9-6-12(14)5-4-11(9)7-15-8-13(16)10-2-3-10/h4-6,10,13,15-16H,2-3,7-8H2,1H3. The molecule has 1 aromatic carbocycles. The molecule has 0 radical (unpaired) electrons. The average Bonchev–Trinajstić information content (AvgIpc) is 3.04. The number of nitrogens with one attached hydrogen (secondary N) is 1. The monoisotopic (exact) mass is 223 g/mol. The van der Waals surface area contributed by atoms with E-state index in [0.717, 1.165) is 24.0 Å². The molecule has 1 saturated carbocycles. The normalized spacial score (nSPS) is 17.4. The largest absolute Gasteiger partial charge is 0.392 e. The molecule has 3 heteroatoms. The molecular formula is C13H18FNO. The van der Waals surface area contributed by atoms with Gasteiger partial charge in [0.2, 0.25) is 0 Å². The molecule has 1 atom stereocenters. The maximum Gasteiger partial charge on any atom is 0.123 e. The lowest BCUT2D eigenvalue weighted by Crippen LogP contribution is -2.28. The van der Waals surface area contributed by atoms with Crippen LogP contribution in [0.4, 0.5) is 4.39 Å². The van der Waals surface area contributed by atoms with Crippen molar-refractivity contribution >= 4 is 0 Å². The average molecular weight is 223 g/mol. The quantitative estimate of drug-likeness (QED) is 0.800. The molecule has 0 heterocycles. The first kappa shape index (κ1) is 11.6. The van der Waals surface area contributed by atoms with Crippen LogP contribution in [0.5, 0.6) is 0 Å². The van der Waals surface area contributed by atoms with Crippen molar-refractivity contribution < 1.29 is 9.50 Å². The van der Waals surface area contributed by atoms with Crippen LogP contribution in [0.2, 0.25) is 0 Å². The predicted molar refractivity (Wildman–Crippen MR) is 61.6 cm³/mol. The molecule has 1 aliphatic rings. The van der Waals surface area contributed by atoms with E-state index >= 15 is 0 Å². The lowest BCUT2D eigenvalue weighted by atomic mass is 10.1. The van der Waals surface area contributed by atoms with E-state index in [0.29, 0.717) is 19.0 Å². The van der Waals surface area contributed by atoms with Crippen molar-refractivity contribution in [2.24, 2.45) is 5.92 Å². The molecular weight excluding hydrogens is 205 g/mol. The van der Waals surface area contributed by atoms with Crippen LogP contribution in [0.1, 0.15) is 24.0 Å². The highest BCUT2D eigenvalue weighted by molar-refractivity contribution is 5.26. The van der Waals surface area contributed by atoms with Crippen molar-refractivity contribution in [1.29, 1.82) is 0 Å². The number of hydrogen-bond acceptors (Lipinski definition) is 2. The number of rotatable bonds is 5. The van der Waals surface area contributed by atoms with Gasteiger partial charge in [0.25, 0.3) is 0 Å². The molecule has 0 aliphatic heterocycles. The van der Waals surface area contributed by atoms with Crippen LogP contribution < -0.4 is 5.32 Å². The lowest BCUT2D eigenvalue weighted by Gasteiger charge is -2.11. The van der Waals surface area contributed by atoms with E-state index < -0.39 is 0 Å². The second-order valence-electron chi connectivity index (χ2n) is 4.61. The summed E-state index contributed by atoms with van der Waals surface area (Å²) in [6, 6.07) is 4.80. The van der Waals surface area contributed by atoms with Crippen LogP contribution in [0, 0.1) is 18.7 Å². The van der Waals surface area contributed by atoms with Crippen LogP contribution >= 0.6 is 0 Å². The second kappa shape index (κ2) is 4.93. The first-order valence-electron chi connectivity index (χ1n) is 5.80. The molecule has 16 heavy (non-hydrogen) atoms. The van der Waals surface area contributed by atoms with Crippen molar-refractivity contribution in [3.8, 4) is 0 Å². The van der Waals surface area contributed by atoms with Crippen LogP contribution in [0.25, 0.3) is 0 Å². The fourth-order valence-corrected chi connectivity index (χ4v) is 1.86. The van der Waals surface area contributed by atoms with E-state index in [2.05, 4.69) is 5.32 Å². The number of hydrogen-bond donors (Lipinski definition) is 2. The molecule has 0 bridgehead atoms. The molecule has 2 rings (SSSR count). The summed E-state index contributed by atoms with van der Waals surface area (Å²) in [6.45, 7) is 3.22. The Hall–Kier alpha value is -0.930. The van der Waals surface area contributed by atoms with Crippen LogP contribution in [0.3, 0.4) is 0 Å². The van der Waals surface area contributed by atoms with Gasteiger partial charge in [-0.1, -0.05) is 6.07 Å². The Morgan fingerprint density at radius 1 is 1.50 bits per heavy atom. The van der Waals surface area contributed by atoms with E-state index in [1.807, 2.05) is 6.92 Å². The third-order valence-corrected chi connectivity index (χ3v) is 3.14. The SMILES string of the molecule is Cc1cc(F)ccc1CNCC(O)C1CC1. The summed E-state index contributed by atoms with van der Waals surface area (Å²) in [5.41, 5.74) is 2.04. The van der Waals surface area contributed by atoms with Gasteiger partial charge < -0.3 is 10.4 Å². The minimum absolute atomic E-state index is 0.195. The fourth-order valence-electron chi connectivity index (χ4n) is 1.86. The highest BCUT2D eigenvalue weighted by atomic mass is 19.1. The lowest BCUT2D eigenvalue weighted by molar-refractivity contribution is 0.148. The van der Waals surface area contributed by atoms with Gasteiger partial charge in [-0.05, 0) is 48.9 Å². The van der Waals surface area contributed by atoms with E-state index in [4.69, 9.17) is 0 Å². The molecule has 1 aliphatic carbocycles. The maximum atomic E-state index is 12.9. The van der Waals surface area contributed by atoms with Crippen LogP contribution in [-0.4, -0.2) is 17.8 Å². The fraction of sp³-hybridized carbons (Fsp3) is 0.538. The van der Waals surface area contributed by atoms with E-state index in [1.165, 1.54) is 12.1 Å². The number of benzene rings is 1. The van der Waals surface area contributed by atoms with Crippen molar-refractivity contribution in [2.75, 3.05) is 6.54 Å². The van der Waals surface area contributed by atoms with Gasteiger partial charge in [-0.15, -0.1) is 0 Å². The third kappa shape index (κ3) is 3.03. The summed E-state index contributed by atoms with van der Waals surface area (Å²) in [4.78, 5) is 0. The Labute approximate surface area is 95.5 Å². The number of aryl methyl sites for hydroxylation is 1. The maximum absolute atomic E-state index is 12.9. The summed E-state index contributed by atoms with van der Waals surface area (Å²) in [5, 5.41) is 12.9. The minimum atomic E-state index is -0.222. The minimum Gasteiger partial charge on any atom is -0.392 e. The molecule has 88 valence electrons. The molecule has 1 aromatic rings. The van der Waals surface area contributed by atoms with Gasteiger partial charge in [-0.2, -0.15) is 0 Å². The molecule has 1 unspecified atom stereocenters. The zero-order valence-corrected chi connectivity index (χ0v) is 9.54. The summed E-state index contributed by atoms with van der Waals surface area (Å²) in [7, 11) is 0. The number of aliphatic hydroxyl groups excluding tert-OH is 1. The van der Waals surface area contributed by atoms with Gasteiger partial charge in [0.1, 0.15) is 5.82 Å². The topological polar surface area (TPSA) is 32.3 Å².